The van der Waals surface area contributed by atoms with Gasteiger partial charge in [0.15, 0.2) is 9.96 Å². The molecule has 2 heterocycles. The van der Waals surface area contributed by atoms with Crippen molar-refractivity contribution in [3.8, 4) is 5.75 Å². The average molecular weight is 441 g/mol. The smallest absolute Gasteiger partial charge is 0.451 e. The lowest BCUT2D eigenvalue weighted by Crippen LogP contribution is -2.30. The number of amides is 2. The third-order valence-corrected chi connectivity index (χ3v) is 7.16. The molecule has 0 aliphatic heterocycles. The summed E-state index contributed by atoms with van der Waals surface area (Å²) in [5.41, 5.74) is -0.852. The van der Waals surface area contributed by atoms with Gasteiger partial charge in [-0.3, -0.25) is 0 Å². The number of carbonyl (C=O) groups excluding carboxylic acids is 1. The summed E-state index contributed by atoms with van der Waals surface area (Å²) in [7, 11) is -3.96. The van der Waals surface area contributed by atoms with Crippen LogP contribution in [0.25, 0.3) is 0 Å². The molecule has 0 saturated heterocycles. The molecule has 0 saturated carbocycles. The highest BCUT2D eigenvalue weighted by Gasteiger charge is 2.39. The number of furan rings is 1. The molecule has 2 aromatic rings. The van der Waals surface area contributed by atoms with E-state index in [0.717, 1.165) is 10.4 Å². The van der Waals surface area contributed by atoms with E-state index in [1.807, 2.05) is 5.32 Å². The molecule has 0 atom stereocenters. The summed E-state index contributed by atoms with van der Waals surface area (Å²) in [5, 5.41) is 15.5. The van der Waals surface area contributed by atoms with Gasteiger partial charge < -0.3 is 20.2 Å². The fourth-order valence-corrected chi connectivity index (χ4v) is 5.21. The number of nitrogens with zero attached hydrogens (tertiary/aromatic N) is 1. The molecule has 0 fully saturated rings. The number of sulfonamides is 1. The van der Waals surface area contributed by atoms with E-state index in [1.165, 1.54) is 12.3 Å². The fourth-order valence-electron chi connectivity index (χ4n) is 2.38. The van der Waals surface area contributed by atoms with Crippen molar-refractivity contribution in [3.63, 3.8) is 0 Å². The first kappa shape index (κ1) is 22.0. The molecule has 2 rings (SSSR count). The zero-order valence-corrected chi connectivity index (χ0v) is 16.7. The van der Waals surface area contributed by atoms with E-state index in [4.69, 9.17) is 0 Å². The van der Waals surface area contributed by atoms with Crippen molar-refractivity contribution in [3.05, 3.63) is 23.0 Å². The van der Waals surface area contributed by atoms with Crippen molar-refractivity contribution in [1.82, 2.24) is 4.31 Å². The van der Waals surface area contributed by atoms with Gasteiger partial charge in [-0.2, -0.15) is 17.5 Å². The summed E-state index contributed by atoms with van der Waals surface area (Å²) < 4.78 is 69.0. The van der Waals surface area contributed by atoms with Crippen LogP contribution >= 0.6 is 11.3 Å². The van der Waals surface area contributed by atoms with Gasteiger partial charge in [0.25, 0.3) is 10.0 Å². The van der Waals surface area contributed by atoms with Crippen LogP contribution in [0.15, 0.2) is 20.1 Å². The van der Waals surface area contributed by atoms with Crippen molar-refractivity contribution in [1.29, 1.82) is 0 Å². The molecule has 13 heteroatoms. The lowest BCUT2D eigenvalue weighted by Gasteiger charge is -2.17. The maximum atomic E-state index is 12.9. The van der Waals surface area contributed by atoms with E-state index in [2.05, 4.69) is 9.73 Å². The normalized spacial score (nSPS) is 12.4. The lowest BCUT2D eigenvalue weighted by atomic mass is 10.3. The third kappa shape index (κ3) is 4.42. The number of aromatic hydroxyl groups is 1. The van der Waals surface area contributed by atoms with E-state index in [0.29, 0.717) is 11.3 Å². The number of carbonyl (C=O) groups is 1. The number of hydrogen-bond donors (Lipinski definition) is 3. The van der Waals surface area contributed by atoms with Gasteiger partial charge in [-0.1, -0.05) is 13.8 Å². The van der Waals surface area contributed by atoms with Crippen LogP contribution in [0.3, 0.4) is 0 Å². The number of urea groups is 1. The SMILES string of the molecule is CCN(CC)S(=O)(=O)c1scc(NC(=O)Nc2cc(C)oc2C(F)(F)F)c1O. The van der Waals surface area contributed by atoms with Crippen molar-refractivity contribution in [2.45, 2.75) is 31.2 Å². The van der Waals surface area contributed by atoms with Crippen LogP contribution in [0.5, 0.6) is 5.75 Å². The molecule has 2 amide bonds. The van der Waals surface area contributed by atoms with E-state index >= 15 is 0 Å². The largest absolute Gasteiger partial charge is 0.504 e. The Kier molecular flexibility index (Phi) is 6.31. The molecular weight excluding hydrogens is 423 g/mol. The molecule has 28 heavy (non-hydrogen) atoms. The summed E-state index contributed by atoms with van der Waals surface area (Å²) in [6.45, 7) is 4.90. The Balaban J connectivity index is 2.22. The minimum Gasteiger partial charge on any atom is -0.504 e. The molecule has 0 bridgehead atoms. The summed E-state index contributed by atoms with van der Waals surface area (Å²) in [4.78, 5) is 12.0. The minimum absolute atomic E-state index is 0.0615. The number of alkyl halides is 3. The van der Waals surface area contributed by atoms with Gasteiger partial charge in [-0.05, 0) is 6.92 Å². The second-order valence-electron chi connectivity index (χ2n) is 5.55. The van der Waals surface area contributed by atoms with E-state index in [1.54, 1.807) is 13.8 Å². The molecule has 8 nitrogen and oxygen atoms in total. The Morgan fingerprint density at radius 2 is 1.82 bits per heavy atom. The first-order chi connectivity index (χ1) is 12.9. The Hall–Kier alpha value is -2.25. The average Bonchev–Trinajstić information content (AvgIpc) is 3.11. The van der Waals surface area contributed by atoms with Crippen molar-refractivity contribution >= 4 is 38.8 Å². The van der Waals surface area contributed by atoms with Gasteiger partial charge in [0.05, 0.1) is 11.4 Å². The van der Waals surface area contributed by atoms with Crippen LogP contribution in [0, 0.1) is 6.92 Å². The Morgan fingerprint density at radius 1 is 1.25 bits per heavy atom. The summed E-state index contributed by atoms with van der Waals surface area (Å²) >= 11 is 0.681. The minimum atomic E-state index is -4.81. The topological polar surface area (TPSA) is 112 Å². The monoisotopic (exact) mass is 441 g/mol. The molecule has 0 aromatic carbocycles. The van der Waals surface area contributed by atoms with Crippen LogP contribution in [-0.2, 0) is 16.2 Å². The highest BCUT2D eigenvalue weighted by molar-refractivity contribution is 7.91. The standard InChI is InChI=1S/C15H18F3N3O5S2/c1-4-21(5-2)28(24,25)13-11(22)10(7-27-13)20-14(23)19-9-6-8(3)26-12(9)15(16,17)18/h6-7,22H,4-5H2,1-3H3,(H2,19,20,23). The molecular formula is C15H18F3N3O5S2. The van der Waals surface area contributed by atoms with Crippen LogP contribution in [0.1, 0.15) is 25.4 Å². The third-order valence-electron chi connectivity index (χ3n) is 3.62. The number of thiophene rings is 1. The molecule has 0 spiro atoms. The number of hydrogen-bond acceptors (Lipinski definition) is 6. The van der Waals surface area contributed by atoms with E-state index < -0.39 is 39.4 Å². The molecule has 0 aliphatic rings. The Morgan fingerprint density at radius 3 is 2.36 bits per heavy atom. The molecule has 0 unspecified atom stereocenters. The molecule has 2 aromatic heterocycles. The van der Waals surface area contributed by atoms with Gasteiger partial charge >= 0.3 is 12.2 Å². The second-order valence-corrected chi connectivity index (χ2v) is 8.56. The van der Waals surface area contributed by atoms with E-state index in [9.17, 15) is 31.5 Å². The lowest BCUT2D eigenvalue weighted by molar-refractivity contribution is -0.152. The highest BCUT2D eigenvalue weighted by Crippen LogP contribution is 2.40. The van der Waals surface area contributed by atoms with Gasteiger partial charge in [-0.25, -0.2) is 13.2 Å². The first-order valence-electron chi connectivity index (χ1n) is 7.98. The molecule has 156 valence electrons. The molecule has 0 radical (unpaired) electrons. The molecule has 0 aliphatic carbocycles. The zero-order chi connectivity index (χ0) is 21.3. The fraction of sp³-hybridized carbons (Fsp3) is 0.400. The zero-order valence-electron chi connectivity index (χ0n) is 15.0. The number of rotatable bonds is 6. The highest BCUT2D eigenvalue weighted by atomic mass is 32.2. The number of aryl methyl sites for hydroxylation is 1. The van der Waals surface area contributed by atoms with Crippen LogP contribution in [-0.4, -0.2) is 37.0 Å². The Bertz CT molecular complexity index is 962. The maximum Gasteiger partial charge on any atom is 0.451 e. The number of nitrogens with one attached hydrogen (secondary N) is 2. The number of halogens is 3. The maximum absolute atomic E-state index is 12.9. The summed E-state index contributed by atoms with van der Waals surface area (Å²) in [6.07, 6.45) is -4.81. The van der Waals surface area contributed by atoms with Crippen LogP contribution in [0.4, 0.5) is 29.3 Å². The molecule has 3 N–H and O–H groups in total. The van der Waals surface area contributed by atoms with Crippen molar-refractivity contribution < 1.29 is 35.9 Å². The number of anilines is 2. The second kappa shape index (κ2) is 8.01. The van der Waals surface area contributed by atoms with Crippen LogP contribution in [0.2, 0.25) is 0 Å². The van der Waals surface area contributed by atoms with Crippen molar-refractivity contribution in [2.24, 2.45) is 0 Å². The van der Waals surface area contributed by atoms with Crippen LogP contribution < -0.4 is 10.6 Å². The van der Waals surface area contributed by atoms with Crippen molar-refractivity contribution in [2.75, 3.05) is 23.7 Å². The van der Waals surface area contributed by atoms with Gasteiger partial charge in [0, 0.05) is 24.5 Å². The van der Waals surface area contributed by atoms with Gasteiger partial charge in [0.2, 0.25) is 5.76 Å². The quantitative estimate of drug-likeness (QED) is 0.626. The summed E-state index contributed by atoms with van der Waals surface area (Å²) in [5.74, 6) is -2.13. The first-order valence-corrected chi connectivity index (χ1v) is 10.3. The summed E-state index contributed by atoms with van der Waals surface area (Å²) in [6, 6.07) is -0.113. The predicted octanol–water partition coefficient (Wildman–Crippen LogP) is 4.05. The Labute approximate surface area is 163 Å². The van der Waals surface area contributed by atoms with Gasteiger partial charge in [0.1, 0.15) is 5.76 Å². The van der Waals surface area contributed by atoms with E-state index in [-0.39, 0.29) is 28.7 Å². The predicted molar refractivity (Wildman–Crippen MR) is 97.2 cm³/mol. The van der Waals surface area contributed by atoms with Gasteiger partial charge in [-0.15, -0.1) is 11.3 Å².